The normalized spacial score (nSPS) is 25.2. The van der Waals surface area contributed by atoms with Gasteiger partial charge in [-0.3, -0.25) is 0 Å². The van der Waals surface area contributed by atoms with Gasteiger partial charge in [-0.15, -0.1) is 21.5 Å². The second kappa shape index (κ2) is 7.15. The number of nitrogens with one attached hydrogen (secondary N) is 1. The Balaban J connectivity index is 1.31. The maximum atomic E-state index is 15.2. The van der Waals surface area contributed by atoms with Crippen molar-refractivity contribution in [1.29, 1.82) is 0 Å². The van der Waals surface area contributed by atoms with Gasteiger partial charge in [-0.2, -0.15) is 0 Å². The number of anilines is 1. The summed E-state index contributed by atoms with van der Waals surface area (Å²) >= 11 is 1.59. The number of phenols is 1. The van der Waals surface area contributed by atoms with Crippen molar-refractivity contribution in [3.63, 3.8) is 0 Å². The first-order valence-electron chi connectivity index (χ1n) is 10.9. The molecule has 2 unspecified atom stereocenters. The summed E-state index contributed by atoms with van der Waals surface area (Å²) in [6.45, 7) is 2.71. The molecule has 5 heterocycles. The van der Waals surface area contributed by atoms with Crippen molar-refractivity contribution in [3.8, 4) is 17.0 Å². The van der Waals surface area contributed by atoms with Crippen LogP contribution < -0.4 is 10.2 Å². The van der Waals surface area contributed by atoms with Crippen molar-refractivity contribution < 1.29 is 9.50 Å². The summed E-state index contributed by atoms with van der Waals surface area (Å²) in [6, 6.07) is 5.89. The van der Waals surface area contributed by atoms with E-state index in [0.29, 0.717) is 23.7 Å². The number of hydrogen-bond acceptors (Lipinski definition) is 7. The van der Waals surface area contributed by atoms with Gasteiger partial charge in [-0.1, -0.05) is 6.08 Å². The van der Waals surface area contributed by atoms with Gasteiger partial charge in [0.2, 0.25) is 0 Å². The number of rotatable bonds is 2. The van der Waals surface area contributed by atoms with Crippen LogP contribution in [0.2, 0.25) is 0 Å². The Morgan fingerprint density at radius 1 is 1.23 bits per heavy atom. The number of phenolic OH excluding ortho intramolecular Hbond substituents is 1. The van der Waals surface area contributed by atoms with Crippen molar-refractivity contribution in [2.24, 2.45) is 0 Å². The highest BCUT2D eigenvalue weighted by Gasteiger charge is 2.37. The Kier molecular flexibility index (Phi) is 4.38. The van der Waals surface area contributed by atoms with Crippen molar-refractivity contribution in [3.05, 3.63) is 40.5 Å². The van der Waals surface area contributed by atoms with E-state index in [4.69, 9.17) is 0 Å². The minimum atomic E-state index is -0.925. The van der Waals surface area contributed by atoms with E-state index in [2.05, 4.69) is 31.5 Å². The summed E-state index contributed by atoms with van der Waals surface area (Å²) in [4.78, 5) is 6.56. The molecule has 160 valence electrons. The first kappa shape index (κ1) is 19.0. The molecule has 2 aromatic heterocycles. The van der Waals surface area contributed by atoms with Gasteiger partial charge in [-0.05, 0) is 44.7 Å². The molecule has 2 N–H and O–H groups in total. The van der Waals surface area contributed by atoms with E-state index in [9.17, 15) is 5.11 Å². The van der Waals surface area contributed by atoms with E-state index < -0.39 is 6.17 Å². The summed E-state index contributed by atoms with van der Waals surface area (Å²) in [5, 5.41) is 23.9. The maximum Gasteiger partial charge on any atom is 0.154 e. The Morgan fingerprint density at radius 2 is 2.13 bits per heavy atom. The number of hydrogen-bond donors (Lipinski definition) is 2. The van der Waals surface area contributed by atoms with E-state index >= 15 is 4.39 Å². The highest BCUT2D eigenvalue weighted by molar-refractivity contribution is 7.18. The summed E-state index contributed by atoms with van der Waals surface area (Å²) in [5.74, 6) is 0.947. The molecule has 1 fully saturated rings. The van der Waals surface area contributed by atoms with Crippen LogP contribution in [0.4, 0.5) is 10.2 Å². The average Bonchev–Trinajstić information content (AvgIpc) is 3.44. The van der Waals surface area contributed by atoms with Crippen LogP contribution in [0.1, 0.15) is 36.3 Å². The maximum absolute atomic E-state index is 15.2. The number of benzene rings is 1. The summed E-state index contributed by atoms with van der Waals surface area (Å²) in [5.41, 5.74) is 4.22. The third-order valence-electron chi connectivity index (χ3n) is 6.72. The number of aryl methyl sites for hydroxylation is 1. The molecule has 3 atom stereocenters. The summed E-state index contributed by atoms with van der Waals surface area (Å²) in [7, 11) is 0. The Hall–Kier alpha value is -2.74. The number of alkyl halides is 1. The quantitative estimate of drug-likeness (QED) is 0.624. The number of allylic oxidation sites excluding steroid dienone is 1. The molecule has 1 saturated heterocycles. The number of fused-ring (bicyclic) bond motifs is 4. The van der Waals surface area contributed by atoms with Gasteiger partial charge in [0.1, 0.15) is 11.9 Å². The van der Waals surface area contributed by atoms with Crippen LogP contribution in [0.15, 0.2) is 30.0 Å². The van der Waals surface area contributed by atoms with E-state index in [0.717, 1.165) is 64.5 Å². The lowest BCUT2D eigenvalue weighted by Gasteiger charge is -2.34. The molecule has 6 rings (SSSR count). The zero-order chi connectivity index (χ0) is 21.1. The molecule has 2 bridgehead atoms. The third-order valence-corrected chi connectivity index (χ3v) is 7.65. The summed E-state index contributed by atoms with van der Waals surface area (Å²) < 4.78 is 16.2. The fourth-order valence-electron chi connectivity index (χ4n) is 5.18. The van der Waals surface area contributed by atoms with Gasteiger partial charge in [0.15, 0.2) is 5.82 Å². The standard InChI is InChI=1S/C23H24FN5OS/c1-12-25-19-11-21(30)16(10-22(19)31-12)18-8-13-6-7-29(23(13)28-27-18)20-5-4-14-2-3-15(26-14)9-17(20)24/h3,8,10-11,14,17,20,26,30H,2,4-7,9H2,1H3/t14?,17-,20?/m0/s1. The van der Waals surface area contributed by atoms with Crippen LogP contribution in [0.5, 0.6) is 5.75 Å². The van der Waals surface area contributed by atoms with Crippen LogP contribution in [0, 0.1) is 6.92 Å². The van der Waals surface area contributed by atoms with Gasteiger partial charge < -0.3 is 15.3 Å². The number of aromatic nitrogens is 3. The second-order valence-electron chi connectivity index (χ2n) is 8.76. The molecule has 0 radical (unpaired) electrons. The zero-order valence-electron chi connectivity index (χ0n) is 17.3. The highest BCUT2D eigenvalue weighted by atomic mass is 32.1. The lowest BCUT2D eigenvalue weighted by molar-refractivity contribution is 0.241. The van der Waals surface area contributed by atoms with E-state index in [1.54, 1.807) is 17.4 Å². The van der Waals surface area contributed by atoms with Crippen LogP contribution in [0.25, 0.3) is 21.5 Å². The lowest BCUT2D eigenvalue weighted by Crippen LogP contribution is -2.44. The molecule has 8 heteroatoms. The zero-order valence-corrected chi connectivity index (χ0v) is 18.1. The topological polar surface area (TPSA) is 74.2 Å². The predicted molar refractivity (Wildman–Crippen MR) is 120 cm³/mol. The van der Waals surface area contributed by atoms with Crippen LogP contribution in [-0.2, 0) is 6.42 Å². The van der Waals surface area contributed by atoms with Gasteiger partial charge in [0, 0.05) is 41.9 Å². The van der Waals surface area contributed by atoms with E-state index in [1.807, 2.05) is 19.1 Å². The molecule has 3 aliphatic rings. The minimum Gasteiger partial charge on any atom is -0.507 e. The molecule has 0 spiro atoms. The first-order valence-corrected chi connectivity index (χ1v) is 11.7. The molecular formula is C23H24FN5OS. The SMILES string of the molecule is Cc1nc2cc(O)c(-c3cc4c(nn3)N(C3CCC5CC=C(C[C@@H]3F)N5)CC4)cc2s1. The smallest absolute Gasteiger partial charge is 0.154 e. The minimum absolute atomic E-state index is 0.155. The fraction of sp³-hybridized carbons (Fsp3) is 0.435. The Bertz CT molecular complexity index is 1210. The van der Waals surface area contributed by atoms with Crippen LogP contribution >= 0.6 is 11.3 Å². The fourth-order valence-corrected chi connectivity index (χ4v) is 6.03. The van der Waals surface area contributed by atoms with Crippen molar-refractivity contribution in [2.45, 2.75) is 57.3 Å². The van der Waals surface area contributed by atoms with Crippen molar-refractivity contribution in [2.75, 3.05) is 11.4 Å². The molecule has 1 aromatic carbocycles. The molecule has 6 nitrogen and oxygen atoms in total. The molecular weight excluding hydrogens is 413 g/mol. The monoisotopic (exact) mass is 437 g/mol. The molecule has 0 amide bonds. The first-order chi connectivity index (χ1) is 15.0. The average molecular weight is 438 g/mol. The van der Waals surface area contributed by atoms with Gasteiger partial charge >= 0.3 is 0 Å². The number of nitrogens with zero attached hydrogens (tertiary/aromatic N) is 4. The number of thiazole rings is 1. The van der Waals surface area contributed by atoms with Gasteiger partial charge in [0.05, 0.1) is 27.0 Å². The largest absolute Gasteiger partial charge is 0.507 e. The Morgan fingerprint density at radius 3 is 3.03 bits per heavy atom. The van der Waals surface area contributed by atoms with Crippen LogP contribution in [0.3, 0.4) is 0 Å². The summed E-state index contributed by atoms with van der Waals surface area (Å²) in [6.07, 6.45) is 5.26. The van der Waals surface area contributed by atoms with Crippen molar-refractivity contribution in [1.82, 2.24) is 20.5 Å². The van der Waals surface area contributed by atoms with Crippen LogP contribution in [-0.4, -0.2) is 45.1 Å². The second-order valence-corrected chi connectivity index (χ2v) is 10.00. The predicted octanol–water partition coefficient (Wildman–Crippen LogP) is 4.27. The van der Waals surface area contributed by atoms with E-state index in [1.165, 1.54) is 0 Å². The van der Waals surface area contributed by atoms with Crippen molar-refractivity contribution >= 4 is 27.4 Å². The molecule has 3 aliphatic heterocycles. The lowest BCUT2D eigenvalue weighted by atomic mass is 9.97. The number of aromatic hydroxyl groups is 1. The molecule has 31 heavy (non-hydrogen) atoms. The van der Waals surface area contributed by atoms with Gasteiger partial charge in [0.25, 0.3) is 0 Å². The highest BCUT2D eigenvalue weighted by Crippen LogP contribution is 2.38. The molecule has 0 saturated carbocycles. The molecule has 3 aromatic rings. The number of halogens is 1. The Labute approximate surface area is 183 Å². The molecule has 0 aliphatic carbocycles. The van der Waals surface area contributed by atoms with E-state index in [-0.39, 0.29) is 11.8 Å². The third kappa shape index (κ3) is 3.24. The van der Waals surface area contributed by atoms with Gasteiger partial charge in [-0.25, -0.2) is 9.37 Å².